The fourth-order valence-electron chi connectivity index (χ4n) is 3.64. The Bertz CT molecular complexity index is 1180. The molecule has 4 nitrogen and oxygen atoms in total. The Balaban J connectivity index is 1.48. The van der Waals surface area contributed by atoms with Crippen molar-refractivity contribution in [1.29, 1.82) is 0 Å². The molecular weight excluding hydrogens is 416 g/mol. The first-order valence-electron chi connectivity index (χ1n) is 10.8. The van der Waals surface area contributed by atoms with Crippen molar-refractivity contribution in [2.45, 2.75) is 26.7 Å². The van der Waals surface area contributed by atoms with E-state index in [0.29, 0.717) is 17.3 Å². The van der Waals surface area contributed by atoms with Crippen molar-refractivity contribution >= 4 is 22.4 Å². The Kier molecular flexibility index (Phi) is 6.97. The largest absolute Gasteiger partial charge is 0.494 e. The third-order valence-corrected chi connectivity index (χ3v) is 6.13. The Morgan fingerprint density at radius 2 is 1.66 bits per heavy atom. The van der Waals surface area contributed by atoms with E-state index in [1.807, 2.05) is 80.6 Å². The highest BCUT2D eigenvalue weighted by Gasteiger charge is 2.15. The number of hydrogen-bond donors (Lipinski definition) is 1. The number of carbonyl (C=O) groups is 1. The molecule has 0 atom stereocenters. The summed E-state index contributed by atoms with van der Waals surface area (Å²) in [5.74, 6) is 0.713. The number of nitrogens with one attached hydrogen (secondary N) is 1. The molecule has 0 aliphatic carbocycles. The molecule has 1 N–H and O–H groups in total. The van der Waals surface area contributed by atoms with E-state index in [9.17, 15) is 4.79 Å². The lowest BCUT2D eigenvalue weighted by Crippen LogP contribution is -2.14. The van der Waals surface area contributed by atoms with E-state index >= 15 is 0 Å². The monoisotopic (exact) mass is 442 g/mol. The van der Waals surface area contributed by atoms with Crippen LogP contribution in [0.1, 0.15) is 33.3 Å². The van der Waals surface area contributed by atoms with Gasteiger partial charge in [-0.15, -0.1) is 11.3 Å². The summed E-state index contributed by atoms with van der Waals surface area (Å²) in [6.07, 6.45) is 1.70. The van der Waals surface area contributed by atoms with Crippen molar-refractivity contribution in [2.75, 3.05) is 11.9 Å². The predicted octanol–water partition coefficient (Wildman–Crippen LogP) is 6.55. The number of nitrogens with zero attached hydrogens (tertiary/aromatic N) is 1. The molecule has 1 aromatic heterocycles. The zero-order chi connectivity index (χ0) is 22.3. The minimum atomic E-state index is -0.124. The number of ether oxygens (including phenoxy) is 1. The van der Waals surface area contributed by atoms with Gasteiger partial charge >= 0.3 is 0 Å². The molecule has 162 valence electrons. The maximum absolute atomic E-state index is 13.1. The minimum absolute atomic E-state index is 0.124. The van der Waals surface area contributed by atoms with Gasteiger partial charge in [0, 0.05) is 16.0 Å². The Hall–Kier alpha value is -3.44. The van der Waals surface area contributed by atoms with Gasteiger partial charge in [-0.2, -0.15) is 0 Å². The second-order valence-corrected chi connectivity index (χ2v) is 8.68. The van der Waals surface area contributed by atoms with Crippen molar-refractivity contribution in [3.63, 3.8) is 0 Å². The van der Waals surface area contributed by atoms with Gasteiger partial charge in [0.2, 0.25) is 0 Å². The second kappa shape index (κ2) is 10.2. The number of anilines is 1. The molecule has 1 heterocycles. The molecule has 0 radical (unpaired) electrons. The van der Waals surface area contributed by atoms with E-state index in [1.165, 1.54) is 16.9 Å². The summed E-state index contributed by atoms with van der Waals surface area (Å²) in [7, 11) is 0. The van der Waals surface area contributed by atoms with Crippen LogP contribution < -0.4 is 10.1 Å². The van der Waals surface area contributed by atoms with Gasteiger partial charge in [0.15, 0.2) is 5.13 Å². The lowest BCUT2D eigenvalue weighted by Gasteiger charge is -2.09. The van der Waals surface area contributed by atoms with Gasteiger partial charge in [0.1, 0.15) is 5.75 Å². The highest BCUT2D eigenvalue weighted by molar-refractivity contribution is 7.16. The first-order chi connectivity index (χ1) is 15.6. The molecule has 32 heavy (non-hydrogen) atoms. The van der Waals surface area contributed by atoms with Crippen LogP contribution in [-0.2, 0) is 12.8 Å². The molecule has 0 aliphatic heterocycles. The standard InChI is InChI=1S/C27H26N2O2S/c1-3-31-23-17-15-22(16-18-23)25-19(2)32-27(28-25)29-26(30)24-12-8-7-11-21(24)14-13-20-9-5-4-6-10-20/h4-12,15-18H,3,13-14H2,1-2H3,(H,28,29,30). The lowest BCUT2D eigenvalue weighted by atomic mass is 9.99. The third kappa shape index (κ3) is 5.24. The molecule has 4 aromatic rings. The van der Waals surface area contributed by atoms with Crippen LogP contribution in [-0.4, -0.2) is 17.5 Å². The minimum Gasteiger partial charge on any atom is -0.494 e. The number of carbonyl (C=O) groups excluding carboxylic acids is 1. The van der Waals surface area contributed by atoms with Gasteiger partial charge in [0.05, 0.1) is 12.3 Å². The van der Waals surface area contributed by atoms with Gasteiger partial charge in [0.25, 0.3) is 5.91 Å². The molecular formula is C27H26N2O2S. The molecule has 0 unspecified atom stereocenters. The maximum Gasteiger partial charge on any atom is 0.257 e. The smallest absolute Gasteiger partial charge is 0.257 e. The van der Waals surface area contributed by atoms with Gasteiger partial charge in [-0.25, -0.2) is 4.98 Å². The molecule has 0 bridgehead atoms. The van der Waals surface area contributed by atoms with Gasteiger partial charge in [-0.3, -0.25) is 10.1 Å². The fraction of sp³-hybridized carbons (Fsp3) is 0.185. The molecule has 0 saturated carbocycles. The highest BCUT2D eigenvalue weighted by atomic mass is 32.1. The number of amides is 1. The van der Waals surface area contributed by atoms with Crippen molar-refractivity contribution in [2.24, 2.45) is 0 Å². The van der Waals surface area contributed by atoms with E-state index in [0.717, 1.165) is 40.3 Å². The summed E-state index contributed by atoms with van der Waals surface area (Å²) >= 11 is 1.49. The zero-order valence-electron chi connectivity index (χ0n) is 18.3. The van der Waals surface area contributed by atoms with Gasteiger partial charge in [-0.1, -0.05) is 48.5 Å². The third-order valence-electron chi connectivity index (χ3n) is 5.24. The summed E-state index contributed by atoms with van der Waals surface area (Å²) in [6, 6.07) is 26.0. The van der Waals surface area contributed by atoms with Crippen LogP contribution in [0.25, 0.3) is 11.3 Å². The summed E-state index contributed by atoms with van der Waals surface area (Å²) < 4.78 is 5.52. The number of hydrogen-bond acceptors (Lipinski definition) is 4. The molecule has 0 aliphatic rings. The molecule has 0 spiro atoms. The van der Waals surface area contributed by atoms with E-state index in [1.54, 1.807) is 0 Å². The summed E-state index contributed by atoms with van der Waals surface area (Å²) in [5.41, 5.74) is 4.88. The molecule has 3 aromatic carbocycles. The summed E-state index contributed by atoms with van der Waals surface area (Å²) in [4.78, 5) is 18.8. The van der Waals surface area contributed by atoms with Crippen LogP contribution in [0.2, 0.25) is 0 Å². The van der Waals surface area contributed by atoms with Crippen LogP contribution >= 0.6 is 11.3 Å². The number of aromatic nitrogens is 1. The molecule has 0 saturated heterocycles. The molecule has 5 heteroatoms. The van der Waals surface area contributed by atoms with E-state index in [-0.39, 0.29) is 5.91 Å². The average molecular weight is 443 g/mol. The van der Waals surface area contributed by atoms with Crippen LogP contribution in [0.4, 0.5) is 5.13 Å². The first-order valence-corrected chi connectivity index (χ1v) is 11.6. The second-order valence-electron chi connectivity index (χ2n) is 7.48. The normalized spacial score (nSPS) is 10.7. The maximum atomic E-state index is 13.1. The molecule has 0 fully saturated rings. The first kappa shape index (κ1) is 21.8. The Morgan fingerprint density at radius 1 is 0.938 bits per heavy atom. The zero-order valence-corrected chi connectivity index (χ0v) is 19.1. The number of benzene rings is 3. The lowest BCUT2D eigenvalue weighted by molar-refractivity contribution is 0.102. The van der Waals surface area contributed by atoms with Crippen LogP contribution in [0.3, 0.4) is 0 Å². The number of rotatable bonds is 8. The Labute approximate surface area is 192 Å². The van der Waals surface area contributed by atoms with Gasteiger partial charge < -0.3 is 4.74 Å². The average Bonchev–Trinajstić information content (AvgIpc) is 3.19. The number of thiazole rings is 1. The van der Waals surface area contributed by atoms with Crippen molar-refractivity contribution in [1.82, 2.24) is 4.98 Å². The van der Waals surface area contributed by atoms with E-state index in [4.69, 9.17) is 9.72 Å². The SMILES string of the molecule is CCOc1ccc(-c2nc(NC(=O)c3ccccc3CCc3ccccc3)sc2C)cc1. The van der Waals surface area contributed by atoms with Gasteiger partial charge in [-0.05, 0) is 68.1 Å². The fourth-order valence-corrected chi connectivity index (χ4v) is 4.47. The number of aryl methyl sites for hydroxylation is 3. The van der Waals surface area contributed by atoms with E-state index < -0.39 is 0 Å². The van der Waals surface area contributed by atoms with Crippen molar-refractivity contribution in [3.05, 3.63) is 100 Å². The summed E-state index contributed by atoms with van der Waals surface area (Å²) in [6.45, 7) is 4.62. The van der Waals surface area contributed by atoms with Crippen molar-refractivity contribution < 1.29 is 9.53 Å². The Morgan fingerprint density at radius 3 is 2.41 bits per heavy atom. The topological polar surface area (TPSA) is 51.2 Å². The van der Waals surface area contributed by atoms with Crippen LogP contribution in [0.5, 0.6) is 5.75 Å². The van der Waals surface area contributed by atoms with Crippen LogP contribution in [0.15, 0.2) is 78.9 Å². The quantitative estimate of drug-likeness (QED) is 0.336. The van der Waals surface area contributed by atoms with Crippen LogP contribution in [0, 0.1) is 6.92 Å². The molecule has 4 rings (SSSR count). The highest BCUT2D eigenvalue weighted by Crippen LogP contribution is 2.31. The molecule has 1 amide bonds. The predicted molar refractivity (Wildman–Crippen MR) is 132 cm³/mol. The summed E-state index contributed by atoms with van der Waals surface area (Å²) in [5, 5.41) is 3.61. The van der Waals surface area contributed by atoms with E-state index in [2.05, 4.69) is 17.4 Å². The van der Waals surface area contributed by atoms with Crippen molar-refractivity contribution in [3.8, 4) is 17.0 Å².